The highest BCUT2D eigenvalue weighted by molar-refractivity contribution is 7.90. The lowest BCUT2D eigenvalue weighted by atomic mass is 9.95. The molecule has 10 heteroatoms. The second-order valence-electron chi connectivity index (χ2n) is 6.45. The Labute approximate surface area is 163 Å². The average Bonchev–Trinajstić information content (AvgIpc) is 3.06. The molecule has 0 amide bonds. The first-order chi connectivity index (χ1) is 13.4. The van der Waals surface area contributed by atoms with Crippen LogP contribution < -0.4 is 0 Å². The molecule has 2 aromatic carbocycles. The van der Waals surface area contributed by atoms with Gasteiger partial charge in [-0.05, 0) is 36.2 Å². The van der Waals surface area contributed by atoms with Crippen molar-refractivity contribution >= 4 is 15.8 Å². The highest BCUT2D eigenvalue weighted by Crippen LogP contribution is 2.41. The molecule has 1 aromatic heterocycles. The molecule has 2 N–H and O–H groups in total. The number of aromatic amines is 1. The van der Waals surface area contributed by atoms with Gasteiger partial charge in [-0.15, -0.1) is 0 Å². The number of alkyl halides is 3. The number of carboxylic acids is 1. The van der Waals surface area contributed by atoms with E-state index in [9.17, 15) is 26.4 Å². The molecule has 6 nitrogen and oxygen atoms in total. The van der Waals surface area contributed by atoms with Crippen molar-refractivity contribution in [1.29, 1.82) is 0 Å². The zero-order valence-corrected chi connectivity index (χ0v) is 16.0. The monoisotopic (exact) mass is 424 g/mol. The Balaban J connectivity index is 2.22. The van der Waals surface area contributed by atoms with E-state index in [0.717, 1.165) is 6.26 Å². The van der Waals surface area contributed by atoms with Crippen molar-refractivity contribution in [2.24, 2.45) is 0 Å². The van der Waals surface area contributed by atoms with Crippen LogP contribution in [0.2, 0.25) is 0 Å². The maximum absolute atomic E-state index is 13.5. The molecular weight excluding hydrogens is 409 g/mol. The molecule has 0 radical (unpaired) electrons. The van der Waals surface area contributed by atoms with Gasteiger partial charge in [0.15, 0.2) is 9.84 Å². The zero-order chi connectivity index (χ0) is 21.6. The fourth-order valence-electron chi connectivity index (χ4n) is 2.96. The van der Waals surface area contributed by atoms with Gasteiger partial charge in [0, 0.05) is 17.4 Å². The SMILES string of the molecule is Cc1cc(-c2c(-c3ccc(S(C)(=O)=O)cc3)n[nH]c2C(F)(F)F)ccc1C(=O)O. The molecule has 0 unspecified atom stereocenters. The summed E-state index contributed by atoms with van der Waals surface area (Å²) in [5.41, 5.74) is -0.672. The van der Waals surface area contributed by atoms with Crippen molar-refractivity contribution in [1.82, 2.24) is 10.2 Å². The lowest BCUT2D eigenvalue weighted by molar-refractivity contribution is -0.140. The topological polar surface area (TPSA) is 100 Å². The number of rotatable bonds is 4. The average molecular weight is 424 g/mol. The molecule has 0 bridgehead atoms. The van der Waals surface area contributed by atoms with Crippen molar-refractivity contribution < 1.29 is 31.5 Å². The summed E-state index contributed by atoms with van der Waals surface area (Å²) in [5.74, 6) is -1.19. The summed E-state index contributed by atoms with van der Waals surface area (Å²) < 4.78 is 63.9. The molecule has 1 heterocycles. The van der Waals surface area contributed by atoms with Crippen molar-refractivity contribution in [3.8, 4) is 22.4 Å². The number of halogens is 3. The molecule has 0 atom stereocenters. The van der Waals surface area contributed by atoms with E-state index >= 15 is 0 Å². The second-order valence-corrected chi connectivity index (χ2v) is 8.47. The standard InChI is InChI=1S/C19H15F3N2O4S/c1-10-9-12(5-8-14(10)18(25)26)15-16(23-24-17(15)19(20,21)22)11-3-6-13(7-4-11)29(2,27)28/h3-9H,1-2H3,(H,23,24)(H,25,26). The highest BCUT2D eigenvalue weighted by Gasteiger charge is 2.38. The van der Waals surface area contributed by atoms with Gasteiger partial charge in [0.1, 0.15) is 11.4 Å². The number of hydrogen-bond donors (Lipinski definition) is 2. The van der Waals surface area contributed by atoms with Crippen LogP contribution in [0.25, 0.3) is 22.4 Å². The lowest BCUT2D eigenvalue weighted by Crippen LogP contribution is -2.08. The van der Waals surface area contributed by atoms with Crippen LogP contribution in [0.15, 0.2) is 47.4 Å². The minimum atomic E-state index is -4.73. The van der Waals surface area contributed by atoms with E-state index in [-0.39, 0.29) is 32.8 Å². The van der Waals surface area contributed by atoms with Crippen LogP contribution in [0, 0.1) is 6.92 Å². The van der Waals surface area contributed by atoms with Crippen LogP contribution in [-0.2, 0) is 16.0 Å². The van der Waals surface area contributed by atoms with Crippen LogP contribution in [0.5, 0.6) is 0 Å². The summed E-state index contributed by atoms with van der Waals surface area (Å²) >= 11 is 0. The number of aromatic nitrogens is 2. The summed E-state index contributed by atoms with van der Waals surface area (Å²) in [6.45, 7) is 1.49. The molecule has 3 aromatic rings. The zero-order valence-electron chi connectivity index (χ0n) is 15.2. The first-order valence-electron chi connectivity index (χ1n) is 8.20. The largest absolute Gasteiger partial charge is 0.478 e. The smallest absolute Gasteiger partial charge is 0.433 e. The van der Waals surface area contributed by atoms with Crippen LogP contribution in [0.3, 0.4) is 0 Å². The van der Waals surface area contributed by atoms with E-state index in [1.54, 1.807) is 0 Å². The van der Waals surface area contributed by atoms with E-state index in [1.165, 1.54) is 49.4 Å². The lowest BCUT2D eigenvalue weighted by Gasteiger charge is -2.11. The number of benzene rings is 2. The highest BCUT2D eigenvalue weighted by atomic mass is 32.2. The third kappa shape index (κ3) is 4.02. The molecule has 3 rings (SSSR count). The second kappa shape index (κ2) is 7.03. The van der Waals surface area contributed by atoms with Gasteiger partial charge in [-0.2, -0.15) is 18.3 Å². The summed E-state index contributed by atoms with van der Waals surface area (Å²) in [4.78, 5) is 11.2. The summed E-state index contributed by atoms with van der Waals surface area (Å²) in [5, 5.41) is 14.9. The molecule has 0 aliphatic heterocycles. The Kier molecular flexibility index (Phi) is 4.99. The Morgan fingerprint density at radius 2 is 1.66 bits per heavy atom. The van der Waals surface area contributed by atoms with Gasteiger partial charge in [0.25, 0.3) is 0 Å². The third-order valence-electron chi connectivity index (χ3n) is 4.35. The van der Waals surface area contributed by atoms with Crippen molar-refractivity contribution in [3.05, 3.63) is 59.3 Å². The van der Waals surface area contributed by atoms with Gasteiger partial charge in [-0.25, -0.2) is 13.2 Å². The molecule has 0 aliphatic rings. The Hall–Kier alpha value is -3.14. The molecule has 0 saturated carbocycles. The predicted octanol–water partition coefficient (Wildman–Crippen LogP) is 4.17. The minimum absolute atomic E-state index is 0.0233. The molecule has 0 fully saturated rings. The number of nitrogens with zero attached hydrogens (tertiary/aromatic N) is 1. The molecular formula is C19H15F3N2O4S. The number of carbonyl (C=O) groups is 1. The molecule has 0 aliphatic carbocycles. The fraction of sp³-hybridized carbons (Fsp3) is 0.158. The molecule has 0 saturated heterocycles. The number of carboxylic acid groups (broad SMARTS) is 1. The van der Waals surface area contributed by atoms with Gasteiger partial charge < -0.3 is 5.11 Å². The molecule has 29 heavy (non-hydrogen) atoms. The normalized spacial score (nSPS) is 12.2. The maximum atomic E-state index is 13.5. The fourth-order valence-corrected chi connectivity index (χ4v) is 3.59. The Bertz CT molecular complexity index is 1200. The van der Waals surface area contributed by atoms with Crippen LogP contribution >= 0.6 is 0 Å². The first kappa shape index (κ1) is 20.6. The van der Waals surface area contributed by atoms with E-state index in [2.05, 4.69) is 5.10 Å². The van der Waals surface area contributed by atoms with E-state index in [1.807, 2.05) is 5.10 Å². The summed E-state index contributed by atoms with van der Waals surface area (Å²) in [6, 6.07) is 9.17. The first-order valence-corrected chi connectivity index (χ1v) is 10.1. The van der Waals surface area contributed by atoms with E-state index < -0.39 is 27.7 Å². The Morgan fingerprint density at radius 1 is 1.07 bits per heavy atom. The number of hydrogen-bond acceptors (Lipinski definition) is 4. The number of sulfone groups is 1. The number of nitrogens with one attached hydrogen (secondary N) is 1. The predicted molar refractivity (Wildman–Crippen MR) is 99.3 cm³/mol. The van der Waals surface area contributed by atoms with Crippen LogP contribution in [0.4, 0.5) is 13.2 Å². The van der Waals surface area contributed by atoms with Gasteiger partial charge in [0.2, 0.25) is 0 Å². The minimum Gasteiger partial charge on any atom is -0.478 e. The number of aryl methyl sites for hydroxylation is 1. The summed E-state index contributed by atoms with van der Waals surface area (Å²) in [7, 11) is -3.46. The third-order valence-corrected chi connectivity index (χ3v) is 5.48. The van der Waals surface area contributed by atoms with Crippen molar-refractivity contribution in [2.75, 3.05) is 6.26 Å². The van der Waals surface area contributed by atoms with Crippen molar-refractivity contribution in [3.63, 3.8) is 0 Å². The van der Waals surface area contributed by atoms with E-state index in [0.29, 0.717) is 5.56 Å². The molecule has 0 spiro atoms. The van der Waals surface area contributed by atoms with Crippen molar-refractivity contribution in [2.45, 2.75) is 18.0 Å². The molecule has 152 valence electrons. The summed E-state index contributed by atoms with van der Waals surface area (Å²) in [6.07, 6.45) is -3.71. The van der Waals surface area contributed by atoms with Crippen LogP contribution in [0.1, 0.15) is 21.6 Å². The Morgan fingerprint density at radius 3 is 2.14 bits per heavy atom. The number of H-pyrrole nitrogens is 1. The van der Waals surface area contributed by atoms with Gasteiger partial charge >= 0.3 is 12.1 Å². The van der Waals surface area contributed by atoms with E-state index in [4.69, 9.17) is 5.11 Å². The van der Waals surface area contributed by atoms with Gasteiger partial charge in [-0.1, -0.05) is 24.3 Å². The van der Waals surface area contributed by atoms with Gasteiger partial charge in [-0.3, -0.25) is 5.10 Å². The maximum Gasteiger partial charge on any atom is 0.433 e. The van der Waals surface area contributed by atoms with Crippen LogP contribution in [-0.4, -0.2) is 35.9 Å². The quantitative estimate of drug-likeness (QED) is 0.655. The number of aromatic carboxylic acids is 1. The van der Waals surface area contributed by atoms with Gasteiger partial charge in [0.05, 0.1) is 10.5 Å².